The second kappa shape index (κ2) is 11.4. The Morgan fingerprint density at radius 2 is 1.84 bits per heavy atom. The van der Waals surface area contributed by atoms with Crippen LogP contribution in [0.2, 0.25) is 0 Å². The summed E-state index contributed by atoms with van der Waals surface area (Å²) in [5.41, 5.74) is 0. The molecule has 6 nitrogen and oxygen atoms in total. The summed E-state index contributed by atoms with van der Waals surface area (Å²) in [5, 5.41) is 11.7. The van der Waals surface area contributed by atoms with E-state index >= 15 is 0 Å². The fourth-order valence-corrected chi connectivity index (χ4v) is 2.14. The van der Waals surface area contributed by atoms with Gasteiger partial charge in [0.25, 0.3) is 0 Å². The molecule has 1 unspecified atom stereocenters. The van der Waals surface area contributed by atoms with Crippen LogP contribution in [0.25, 0.3) is 0 Å². The number of carbonyl (C=O) groups is 2. The molecular formula is C11H23NO5S2. The van der Waals surface area contributed by atoms with Gasteiger partial charge in [-0.1, -0.05) is 0 Å². The van der Waals surface area contributed by atoms with E-state index < -0.39 is 17.1 Å². The maximum absolute atomic E-state index is 11.3. The van der Waals surface area contributed by atoms with E-state index in [2.05, 4.69) is 17.9 Å². The number of hydrogen-bond donors (Lipinski definition) is 3. The topological polar surface area (TPSA) is 84.9 Å². The van der Waals surface area contributed by atoms with Crippen LogP contribution in [-0.2, 0) is 19.1 Å². The van der Waals surface area contributed by atoms with Crippen molar-refractivity contribution in [2.75, 3.05) is 26.7 Å². The highest BCUT2D eigenvalue weighted by molar-refractivity contribution is 8.00. The summed E-state index contributed by atoms with van der Waals surface area (Å²) in [4.78, 5) is 21.0. The van der Waals surface area contributed by atoms with Gasteiger partial charge in [0.2, 0.25) is 5.91 Å². The summed E-state index contributed by atoms with van der Waals surface area (Å²) in [6.45, 7) is 1.29. The highest BCUT2D eigenvalue weighted by Gasteiger charge is 2.39. The first-order valence-electron chi connectivity index (χ1n) is 5.49. The molecule has 0 aliphatic heterocycles. The van der Waals surface area contributed by atoms with E-state index in [-0.39, 0.29) is 12.3 Å². The number of carboxylic acid groups (broad SMARTS) is 1. The zero-order chi connectivity index (χ0) is 15.5. The number of carbonyl (C=O) groups excluding carboxylic acids is 1. The van der Waals surface area contributed by atoms with Crippen LogP contribution >= 0.6 is 24.4 Å². The zero-order valence-corrected chi connectivity index (χ0v) is 13.6. The third-order valence-electron chi connectivity index (χ3n) is 2.33. The van der Waals surface area contributed by atoms with Crippen LogP contribution in [0.1, 0.15) is 19.8 Å². The summed E-state index contributed by atoms with van der Waals surface area (Å²) in [6, 6.07) is 0. The molecule has 0 aromatic heterocycles. The second-order valence-corrected chi connectivity index (χ2v) is 4.56. The van der Waals surface area contributed by atoms with Gasteiger partial charge in [0.15, 0.2) is 11.2 Å². The van der Waals surface area contributed by atoms with Crippen LogP contribution in [0.15, 0.2) is 0 Å². The Labute approximate surface area is 124 Å². The highest BCUT2D eigenvalue weighted by atomic mass is 32.2. The number of carboxylic acids is 1. The zero-order valence-electron chi connectivity index (χ0n) is 11.9. The minimum absolute atomic E-state index is 0.218. The Bertz CT molecular complexity index is 274. The van der Waals surface area contributed by atoms with Crippen molar-refractivity contribution in [1.29, 1.82) is 0 Å². The van der Waals surface area contributed by atoms with E-state index in [0.29, 0.717) is 6.42 Å². The standard InChI is InChI=1S/C10H19NO5S.CH4S/c1-7(12)11-10(17-4,9(13)14)6-5-8(15-2)16-3;1-2/h8H,5-6H2,1-4H3,(H,11,12)(H,13,14);2H,1H3. The van der Waals surface area contributed by atoms with E-state index in [1.807, 2.05) is 0 Å². The Morgan fingerprint density at radius 1 is 1.37 bits per heavy atom. The van der Waals surface area contributed by atoms with Crippen molar-refractivity contribution in [3.8, 4) is 0 Å². The third kappa shape index (κ3) is 7.66. The molecule has 114 valence electrons. The molecule has 0 heterocycles. The van der Waals surface area contributed by atoms with E-state index in [4.69, 9.17) is 9.47 Å². The normalized spacial score (nSPS) is 13.2. The Hall–Kier alpha value is -0.440. The molecule has 19 heavy (non-hydrogen) atoms. The van der Waals surface area contributed by atoms with Crippen LogP contribution in [-0.4, -0.2) is 54.9 Å². The molecule has 0 saturated carbocycles. The van der Waals surface area contributed by atoms with Crippen molar-refractivity contribution >= 4 is 36.3 Å². The Morgan fingerprint density at radius 3 is 2.11 bits per heavy atom. The van der Waals surface area contributed by atoms with Gasteiger partial charge in [0.05, 0.1) is 0 Å². The smallest absolute Gasteiger partial charge is 0.340 e. The molecule has 1 amide bonds. The molecule has 0 aliphatic rings. The third-order valence-corrected chi connectivity index (χ3v) is 3.51. The maximum Gasteiger partial charge on any atom is 0.340 e. The molecule has 0 rings (SSSR count). The summed E-state index contributed by atoms with van der Waals surface area (Å²) in [6.07, 6.45) is 3.45. The highest BCUT2D eigenvalue weighted by Crippen LogP contribution is 2.27. The quantitative estimate of drug-likeness (QED) is 0.461. The molecule has 0 fully saturated rings. The summed E-state index contributed by atoms with van der Waals surface area (Å²) in [5.74, 6) is -1.46. The molecule has 0 aliphatic carbocycles. The van der Waals surface area contributed by atoms with Crippen LogP contribution in [0.5, 0.6) is 0 Å². The summed E-state index contributed by atoms with van der Waals surface area (Å²) < 4.78 is 9.97. The van der Waals surface area contributed by atoms with Crippen molar-refractivity contribution in [2.24, 2.45) is 0 Å². The molecule has 0 bridgehead atoms. The Kier molecular flexibility index (Phi) is 12.5. The van der Waals surface area contributed by atoms with E-state index in [1.165, 1.54) is 21.1 Å². The molecule has 0 aromatic carbocycles. The lowest BCUT2D eigenvalue weighted by Gasteiger charge is -2.29. The molecule has 0 aromatic rings. The Balaban J connectivity index is 0. The lowest BCUT2D eigenvalue weighted by atomic mass is 10.1. The molecule has 0 spiro atoms. The lowest BCUT2D eigenvalue weighted by Crippen LogP contribution is -2.51. The minimum Gasteiger partial charge on any atom is -0.479 e. The molecule has 2 N–H and O–H groups in total. The number of methoxy groups -OCH3 is 2. The summed E-state index contributed by atoms with van der Waals surface area (Å²) in [7, 11) is 2.96. The first-order chi connectivity index (χ1) is 8.91. The van der Waals surface area contributed by atoms with Gasteiger partial charge in [0, 0.05) is 27.6 Å². The van der Waals surface area contributed by atoms with Crippen LogP contribution in [0.3, 0.4) is 0 Å². The van der Waals surface area contributed by atoms with Gasteiger partial charge in [-0.05, 0) is 18.9 Å². The number of amides is 1. The van der Waals surface area contributed by atoms with Gasteiger partial charge >= 0.3 is 5.97 Å². The number of thiol groups is 1. The van der Waals surface area contributed by atoms with Crippen LogP contribution in [0, 0.1) is 0 Å². The first-order valence-corrected chi connectivity index (χ1v) is 7.61. The average molecular weight is 313 g/mol. The van der Waals surface area contributed by atoms with Crippen molar-refractivity contribution in [2.45, 2.75) is 30.9 Å². The number of thioether (sulfide) groups is 1. The predicted octanol–water partition coefficient (Wildman–Crippen LogP) is 1.21. The van der Waals surface area contributed by atoms with Gasteiger partial charge in [-0.25, -0.2) is 4.79 Å². The van der Waals surface area contributed by atoms with Crippen molar-refractivity contribution in [1.82, 2.24) is 5.32 Å². The summed E-state index contributed by atoms with van der Waals surface area (Å²) >= 11 is 4.60. The lowest BCUT2D eigenvalue weighted by molar-refractivity contribution is -0.145. The van der Waals surface area contributed by atoms with Crippen molar-refractivity contribution in [3.63, 3.8) is 0 Å². The number of rotatable bonds is 8. The SMILES string of the molecule is COC(CCC(NC(C)=O)(SC)C(=O)O)OC.CS. The van der Waals surface area contributed by atoms with Gasteiger partial charge < -0.3 is 19.9 Å². The molecular weight excluding hydrogens is 290 g/mol. The van der Waals surface area contributed by atoms with Gasteiger partial charge in [-0.3, -0.25) is 4.79 Å². The number of nitrogens with one attached hydrogen (secondary N) is 1. The first kappa shape index (κ1) is 20.9. The van der Waals surface area contributed by atoms with Crippen molar-refractivity contribution in [3.05, 3.63) is 0 Å². The molecule has 0 saturated heterocycles. The number of aliphatic carboxylic acids is 1. The second-order valence-electron chi connectivity index (χ2n) is 3.46. The number of hydrogen-bond acceptors (Lipinski definition) is 6. The fourth-order valence-electron chi connectivity index (χ4n) is 1.40. The van der Waals surface area contributed by atoms with Gasteiger partial charge in [-0.15, -0.1) is 11.8 Å². The van der Waals surface area contributed by atoms with Crippen LogP contribution in [0.4, 0.5) is 0 Å². The van der Waals surface area contributed by atoms with Crippen LogP contribution < -0.4 is 5.32 Å². The van der Waals surface area contributed by atoms with E-state index in [9.17, 15) is 14.7 Å². The fraction of sp³-hybridized carbons (Fsp3) is 0.818. The molecule has 0 radical (unpaired) electrons. The van der Waals surface area contributed by atoms with E-state index in [0.717, 1.165) is 11.8 Å². The minimum atomic E-state index is -1.33. The number of ether oxygens (including phenoxy) is 2. The molecule has 1 atom stereocenters. The largest absolute Gasteiger partial charge is 0.479 e. The maximum atomic E-state index is 11.3. The van der Waals surface area contributed by atoms with Crippen molar-refractivity contribution < 1.29 is 24.2 Å². The van der Waals surface area contributed by atoms with Gasteiger partial charge in [-0.2, -0.15) is 12.6 Å². The predicted molar refractivity (Wildman–Crippen MR) is 79.6 cm³/mol. The van der Waals surface area contributed by atoms with Gasteiger partial charge in [0.1, 0.15) is 0 Å². The molecule has 8 heteroatoms. The monoisotopic (exact) mass is 313 g/mol. The van der Waals surface area contributed by atoms with E-state index in [1.54, 1.807) is 12.5 Å². The average Bonchev–Trinajstić information content (AvgIpc) is 2.40.